The molecule has 152 valence electrons. The lowest BCUT2D eigenvalue weighted by molar-refractivity contribution is -0.122. The maximum Gasteiger partial charge on any atom is 0.326 e. The number of hydrogen-bond acceptors (Lipinski definition) is 4. The molecule has 1 unspecified atom stereocenters. The van der Waals surface area contributed by atoms with Crippen LogP contribution in [0.25, 0.3) is 11.0 Å². The molecule has 2 aromatic carbocycles. The minimum Gasteiger partial charge on any atom is -0.379 e. The molecule has 0 spiro atoms. The average molecular weight is 398 g/mol. The van der Waals surface area contributed by atoms with E-state index in [1.165, 1.54) is 16.7 Å². The Morgan fingerprint density at radius 3 is 2.62 bits per heavy atom. The fourth-order valence-corrected chi connectivity index (χ4v) is 3.71. The van der Waals surface area contributed by atoms with E-state index in [2.05, 4.69) is 15.2 Å². The van der Waals surface area contributed by atoms with Crippen molar-refractivity contribution in [1.29, 1.82) is 0 Å². The molecule has 8 heteroatoms. The third-order valence-corrected chi connectivity index (χ3v) is 5.22. The van der Waals surface area contributed by atoms with E-state index in [1.54, 1.807) is 24.3 Å². The predicted molar refractivity (Wildman–Crippen MR) is 107 cm³/mol. The predicted octanol–water partition coefficient (Wildman–Crippen LogP) is 1.66. The highest BCUT2D eigenvalue weighted by molar-refractivity contribution is 5.80. The van der Waals surface area contributed by atoms with E-state index in [4.69, 9.17) is 4.74 Å². The first kappa shape index (κ1) is 19.4. The van der Waals surface area contributed by atoms with Gasteiger partial charge in [0.15, 0.2) is 0 Å². The first-order valence-electron chi connectivity index (χ1n) is 9.63. The second-order valence-corrected chi connectivity index (χ2v) is 7.05. The largest absolute Gasteiger partial charge is 0.379 e. The lowest BCUT2D eigenvalue weighted by atomic mass is 10.0. The van der Waals surface area contributed by atoms with Gasteiger partial charge in [0, 0.05) is 19.6 Å². The molecular weight excluding hydrogens is 375 g/mol. The summed E-state index contributed by atoms with van der Waals surface area (Å²) >= 11 is 0. The quantitative estimate of drug-likeness (QED) is 0.662. The van der Waals surface area contributed by atoms with Crippen molar-refractivity contribution in [1.82, 2.24) is 19.8 Å². The highest BCUT2D eigenvalue weighted by Crippen LogP contribution is 2.21. The Kier molecular flexibility index (Phi) is 5.73. The van der Waals surface area contributed by atoms with E-state index < -0.39 is 0 Å². The zero-order chi connectivity index (χ0) is 20.2. The van der Waals surface area contributed by atoms with Gasteiger partial charge in [-0.15, -0.1) is 0 Å². The summed E-state index contributed by atoms with van der Waals surface area (Å²) in [7, 11) is 0. The van der Waals surface area contributed by atoms with Crippen LogP contribution in [0.15, 0.2) is 53.3 Å². The van der Waals surface area contributed by atoms with Gasteiger partial charge in [-0.1, -0.05) is 24.3 Å². The van der Waals surface area contributed by atoms with Crippen molar-refractivity contribution in [3.05, 3.63) is 70.4 Å². The van der Waals surface area contributed by atoms with Crippen LogP contribution < -0.4 is 11.0 Å². The molecule has 1 fully saturated rings. The number of hydrogen-bond donors (Lipinski definition) is 2. The van der Waals surface area contributed by atoms with Crippen LogP contribution in [0.5, 0.6) is 0 Å². The van der Waals surface area contributed by atoms with Gasteiger partial charge in [-0.05, 0) is 29.8 Å². The van der Waals surface area contributed by atoms with Crippen molar-refractivity contribution in [2.45, 2.75) is 12.6 Å². The van der Waals surface area contributed by atoms with Crippen molar-refractivity contribution < 1.29 is 13.9 Å². The van der Waals surface area contributed by atoms with Crippen LogP contribution in [0, 0.1) is 5.82 Å². The van der Waals surface area contributed by atoms with Gasteiger partial charge in [-0.3, -0.25) is 14.3 Å². The van der Waals surface area contributed by atoms with E-state index in [0.29, 0.717) is 30.8 Å². The minimum absolute atomic E-state index is 0.0674. The lowest BCUT2D eigenvalue weighted by Crippen LogP contribution is -2.44. The van der Waals surface area contributed by atoms with Gasteiger partial charge in [0.05, 0.1) is 30.3 Å². The van der Waals surface area contributed by atoms with E-state index in [-0.39, 0.29) is 30.0 Å². The minimum atomic E-state index is -0.315. The molecule has 1 aromatic heterocycles. The zero-order valence-corrected chi connectivity index (χ0v) is 15.9. The summed E-state index contributed by atoms with van der Waals surface area (Å²) in [5.74, 6) is -0.547. The molecule has 2 N–H and O–H groups in total. The third kappa shape index (κ3) is 4.38. The molecule has 1 saturated heterocycles. The van der Waals surface area contributed by atoms with Crippen LogP contribution in [0.4, 0.5) is 4.39 Å². The van der Waals surface area contributed by atoms with Gasteiger partial charge in [0.1, 0.15) is 12.4 Å². The summed E-state index contributed by atoms with van der Waals surface area (Å²) < 4.78 is 20.2. The highest BCUT2D eigenvalue weighted by atomic mass is 19.1. The summed E-state index contributed by atoms with van der Waals surface area (Å²) in [5.41, 5.74) is 2.00. The Morgan fingerprint density at radius 2 is 1.86 bits per heavy atom. The molecule has 1 aliphatic rings. The van der Waals surface area contributed by atoms with Gasteiger partial charge in [-0.2, -0.15) is 0 Å². The van der Waals surface area contributed by atoms with Crippen LogP contribution in [-0.2, 0) is 16.1 Å². The number of carbonyl (C=O) groups is 1. The average Bonchev–Trinajstić information content (AvgIpc) is 3.05. The number of nitrogens with zero attached hydrogens (tertiary/aromatic N) is 2. The molecule has 2 heterocycles. The summed E-state index contributed by atoms with van der Waals surface area (Å²) in [6.45, 7) is 3.01. The number of benzene rings is 2. The van der Waals surface area contributed by atoms with Crippen molar-refractivity contribution in [3.8, 4) is 0 Å². The van der Waals surface area contributed by atoms with Gasteiger partial charge in [-0.25, -0.2) is 9.18 Å². The van der Waals surface area contributed by atoms with Crippen LogP contribution >= 0.6 is 0 Å². The number of rotatable bonds is 6. The number of aromatic amines is 1. The topological polar surface area (TPSA) is 79.4 Å². The SMILES string of the molecule is O=C(Cn1c(=O)[nH]c2ccccc21)NCC(c1ccc(F)cc1)N1CCOCC1. The van der Waals surface area contributed by atoms with Crippen LogP contribution in [0.1, 0.15) is 11.6 Å². The molecule has 0 bridgehead atoms. The number of morpholine rings is 1. The molecule has 7 nitrogen and oxygen atoms in total. The standard InChI is InChI=1S/C21H23FN4O3/c22-16-7-5-15(6-8-16)19(25-9-11-29-12-10-25)13-23-20(27)14-26-18-4-2-1-3-17(18)24-21(26)28/h1-8,19H,9-14H2,(H,23,27)(H,24,28). The van der Waals surface area contributed by atoms with Crippen LogP contribution in [0.3, 0.4) is 0 Å². The Labute approximate surface area is 167 Å². The normalized spacial score (nSPS) is 16.0. The zero-order valence-electron chi connectivity index (χ0n) is 15.9. The molecule has 3 aromatic rings. The Bertz CT molecular complexity index is 1040. The van der Waals surface area contributed by atoms with E-state index in [9.17, 15) is 14.0 Å². The fraction of sp³-hybridized carbons (Fsp3) is 0.333. The van der Waals surface area contributed by atoms with Crippen LogP contribution in [-0.4, -0.2) is 53.2 Å². The van der Waals surface area contributed by atoms with E-state index in [1.807, 2.05) is 12.1 Å². The van der Waals surface area contributed by atoms with Crippen molar-refractivity contribution in [2.75, 3.05) is 32.8 Å². The number of para-hydroxylation sites is 2. The monoisotopic (exact) mass is 398 g/mol. The molecule has 0 radical (unpaired) electrons. The summed E-state index contributed by atoms with van der Waals surface area (Å²) in [6, 6.07) is 13.5. The number of aromatic nitrogens is 2. The summed E-state index contributed by atoms with van der Waals surface area (Å²) in [4.78, 5) is 29.7. The Hall–Kier alpha value is -2.97. The first-order valence-corrected chi connectivity index (χ1v) is 9.63. The molecule has 1 atom stereocenters. The summed E-state index contributed by atoms with van der Waals surface area (Å²) in [5, 5.41) is 2.93. The number of nitrogens with one attached hydrogen (secondary N) is 2. The van der Waals surface area contributed by atoms with Crippen molar-refractivity contribution >= 4 is 16.9 Å². The van der Waals surface area contributed by atoms with E-state index >= 15 is 0 Å². The molecule has 1 aliphatic heterocycles. The third-order valence-electron chi connectivity index (χ3n) is 5.22. The molecule has 1 amide bonds. The second kappa shape index (κ2) is 8.59. The Balaban J connectivity index is 1.47. The fourth-order valence-electron chi connectivity index (χ4n) is 3.71. The van der Waals surface area contributed by atoms with E-state index in [0.717, 1.165) is 18.7 Å². The smallest absolute Gasteiger partial charge is 0.326 e. The number of carbonyl (C=O) groups excluding carboxylic acids is 1. The van der Waals surface area contributed by atoms with Gasteiger partial charge in [0.2, 0.25) is 5.91 Å². The number of fused-ring (bicyclic) bond motifs is 1. The number of halogens is 1. The maximum absolute atomic E-state index is 13.3. The van der Waals surface area contributed by atoms with Gasteiger partial charge < -0.3 is 15.0 Å². The lowest BCUT2D eigenvalue weighted by Gasteiger charge is -2.35. The first-order chi connectivity index (χ1) is 14.1. The number of H-pyrrole nitrogens is 1. The second-order valence-electron chi connectivity index (χ2n) is 7.05. The number of ether oxygens (including phenoxy) is 1. The Morgan fingerprint density at radius 1 is 1.14 bits per heavy atom. The number of amides is 1. The maximum atomic E-state index is 13.3. The van der Waals surface area contributed by atoms with Gasteiger partial charge in [0.25, 0.3) is 0 Å². The van der Waals surface area contributed by atoms with Crippen molar-refractivity contribution in [3.63, 3.8) is 0 Å². The molecule has 4 rings (SSSR count). The molecule has 0 saturated carbocycles. The molecular formula is C21H23FN4O3. The van der Waals surface area contributed by atoms with Crippen molar-refractivity contribution in [2.24, 2.45) is 0 Å². The highest BCUT2D eigenvalue weighted by Gasteiger charge is 2.23. The molecule has 0 aliphatic carbocycles. The van der Waals surface area contributed by atoms with Crippen LogP contribution in [0.2, 0.25) is 0 Å². The summed E-state index contributed by atoms with van der Waals surface area (Å²) in [6.07, 6.45) is 0. The number of imidazole rings is 1. The molecule has 29 heavy (non-hydrogen) atoms. The van der Waals surface area contributed by atoms with Gasteiger partial charge >= 0.3 is 5.69 Å².